The molecule has 2 aromatic carbocycles. The number of hydrogen-bond acceptors (Lipinski definition) is 5. The standard InChI is InChI=1S/C19H19FN2O5/c1-26-16-5-3-2-4-14(16)10-21-17(23)12-27-18(24)11-22-19(25)13-6-8-15(20)9-7-13/h2-9H,10-12H2,1H3,(H,21,23)(H,22,25). The van der Waals surface area contributed by atoms with E-state index in [1.807, 2.05) is 12.1 Å². The molecule has 0 unspecified atom stereocenters. The Morgan fingerprint density at radius 2 is 1.70 bits per heavy atom. The SMILES string of the molecule is COc1ccccc1CNC(=O)COC(=O)CNC(=O)c1ccc(F)cc1. The summed E-state index contributed by atoms with van der Waals surface area (Å²) in [5.74, 6) is -1.63. The Morgan fingerprint density at radius 3 is 2.41 bits per heavy atom. The van der Waals surface area contributed by atoms with Crippen molar-refractivity contribution in [3.63, 3.8) is 0 Å². The average Bonchev–Trinajstić information content (AvgIpc) is 2.69. The minimum absolute atomic E-state index is 0.207. The second-order valence-corrected chi connectivity index (χ2v) is 5.44. The molecule has 0 aliphatic rings. The minimum Gasteiger partial charge on any atom is -0.496 e. The smallest absolute Gasteiger partial charge is 0.325 e. The number of carbonyl (C=O) groups excluding carboxylic acids is 3. The molecule has 0 heterocycles. The van der Waals surface area contributed by atoms with Gasteiger partial charge in [0.05, 0.1) is 7.11 Å². The monoisotopic (exact) mass is 374 g/mol. The largest absolute Gasteiger partial charge is 0.496 e. The van der Waals surface area contributed by atoms with Crippen LogP contribution in [0.25, 0.3) is 0 Å². The predicted octanol–water partition coefficient (Wildman–Crippen LogP) is 1.42. The number of methoxy groups -OCH3 is 1. The van der Waals surface area contributed by atoms with Crippen LogP contribution in [0.1, 0.15) is 15.9 Å². The van der Waals surface area contributed by atoms with Gasteiger partial charge in [0, 0.05) is 17.7 Å². The van der Waals surface area contributed by atoms with E-state index < -0.39 is 36.8 Å². The van der Waals surface area contributed by atoms with E-state index in [-0.39, 0.29) is 12.1 Å². The molecule has 0 fully saturated rings. The van der Waals surface area contributed by atoms with Crippen molar-refractivity contribution in [1.82, 2.24) is 10.6 Å². The Hall–Kier alpha value is -3.42. The summed E-state index contributed by atoms with van der Waals surface area (Å²) >= 11 is 0. The normalized spacial score (nSPS) is 10.0. The lowest BCUT2D eigenvalue weighted by atomic mass is 10.2. The summed E-state index contributed by atoms with van der Waals surface area (Å²) in [5.41, 5.74) is 0.991. The molecule has 0 saturated heterocycles. The molecular formula is C19H19FN2O5. The van der Waals surface area contributed by atoms with E-state index in [1.54, 1.807) is 12.1 Å². The Balaban J connectivity index is 1.69. The van der Waals surface area contributed by atoms with E-state index in [1.165, 1.54) is 19.2 Å². The highest BCUT2D eigenvalue weighted by atomic mass is 19.1. The van der Waals surface area contributed by atoms with E-state index in [0.717, 1.165) is 17.7 Å². The van der Waals surface area contributed by atoms with Gasteiger partial charge in [-0.2, -0.15) is 0 Å². The number of ether oxygens (including phenoxy) is 2. The van der Waals surface area contributed by atoms with Gasteiger partial charge in [-0.25, -0.2) is 4.39 Å². The highest BCUT2D eigenvalue weighted by Crippen LogP contribution is 2.16. The molecule has 0 bridgehead atoms. The first-order valence-electron chi connectivity index (χ1n) is 8.07. The van der Waals surface area contributed by atoms with Crippen molar-refractivity contribution in [3.8, 4) is 5.75 Å². The lowest BCUT2D eigenvalue weighted by Gasteiger charge is -2.10. The van der Waals surface area contributed by atoms with Crippen molar-refractivity contribution >= 4 is 17.8 Å². The maximum Gasteiger partial charge on any atom is 0.325 e. The fourth-order valence-electron chi connectivity index (χ4n) is 2.15. The molecule has 2 N–H and O–H groups in total. The van der Waals surface area contributed by atoms with Crippen LogP contribution in [0.15, 0.2) is 48.5 Å². The van der Waals surface area contributed by atoms with Gasteiger partial charge < -0.3 is 20.1 Å². The number of amides is 2. The molecule has 7 nitrogen and oxygen atoms in total. The second kappa shape index (κ2) is 9.91. The average molecular weight is 374 g/mol. The first-order valence-corrected chi connectivity index (χ1v) is 8.07. The van der Waals surface area contributed by atoms with Crippen LogP contribution in [0.5, 0.6) is 5.75 Å². The number of nitrogens with one attached hydrogen (secondary N) is 2. The minimum atomic E-state index is -0.766. The molecule has 27 heavy (non-hydrogen) atoms. The Bertz CT molecular complexity index is 808. The molecule has 0 radical (unpaired) electrons. The summed E-state index contributed by atoms with van der Waals surface area (Å²) < 4.78 is 22.8. The number of esters is 1. The number of carbonyl (C=O) groups is 3. The lowest BCUT2D eigenvalue weighted by molar-refractivity contribution is -0.147. The van der Waals surface area contributed by atoms with Crippen molar-refractivity contribution in [2.45, 2.75) is 6.54 Å². The lowest BCUT2D eigenvalue weighted by Crippen LogP contribution is -2.33. The van der Waals surface area contributed by atoms with Gasteiger partial charge in [0.25, 0.3) is 11.8 Å². The van der Waals surface area contributed by atoms with E-state index in [0.29, 0.717) is 5.75 Å². The fraction of sp³-hybridized carbons (Fsp3) is 0.211. The van der Waals surface area contributed by atoms with Crippen molar-refractivity contribution < 1.29 is 28.2 Å². The molecule has 0 atom stereocenters. The molecule has 0 aliphatic heterocycles. The quantitative estimate of drug-likeness (QED) is 0.682. The molecule has 2 amide bonds. The topological polar surface area (TPSA) is 93.7 Å². The number of rotatable bonds is 8. The third kappa shape index (κ3) is 6.43. The fourth-order valence-corrected chi connectivity index (χ4v) is 2.15. The highest BCUT2D eigenvalue weighted by Gasteiger charge is 2.11. The van der Waals surface area contributed by atoms with Crippen LogP contribution in [0, 0.1) is 5.82 Å². The molecule has 0 spiro atoms. The van der Waals surface area contributed by atoms with Gasteiger partial charge in [-0.3, -0.25) is 14.4 Å². The van der Waals surface area contributed by atoms with Crippen molar-refractivity contribution in [2.24, 2.45) is 0 Å². The molecule has 0 saturated carbocycles. The van der Waals surface area contributed by atoms with Gasteiger partial charge in [0.15, 0.2) is 6.61 Å². The van der Waals surface area contributed by atoms with Crippen LogP contribution >= 0.6 is 0 Å². The van der Waals surface area contributed by atoms with Gasteiger partial charge in [0.2, 0.25) is 0 Å². The Kier molecular flexibility index (Phi) is 7.30. The third-order valence-corrected chi connectivity index (χ3v) is 3.53. The van der Waals surface area contributed by atoms with Gasteiger partial charge >= 0.3 is 5.97 Å². The zero-order chi connectivity index (χ0) is 19.6. The maximum atomic E-state index is 12.8. The van der Waals surface area contributed by atoms with Crippen LogP contribution < -0.4 is 15.4 Å². The summed E-state index contributed by atoms with van der Waals surface area (Å²) in [6.07, 6.45) is 0. The molecule has 0 aromatic heterocycles. The second-order valence-electron chi connectivity index (χ2n) is 5.44. The Morgan fingerprint density at radius 1 is 1.00 bits per heavy atom. The number of halogens is 1. The van der Waals surface area contributed by atoms with E-state index in [9.17, 15) is 18.8 Å². The number of hydrogen-bond donors (Lipinski definition) is 2. The van der Waals surface area contributed by atoms with Crippen LogP contribution in [-0.2, 0) is 20.9 Å². The summed E-state index contributed by atoms with van der Waals surface area (Å²) in [5, 5.41) is 4.94. The number of para-hydroxylation sites is 1. The Labute approximate surface area is 155 Å². The molecule has 2 aromatic rings. The van der Waals surface area contributed by atoms with Gasteiger partial charge in [-0.1, -0.05) is 18.2 Å². The zero-order valence-electron chi connectivity index (χ0n) is 14.7. The van der Waals surface area contributed by atoms with Crippen molar-refractivity contribution in [3.05, 3.63) is 65.5 Å². The summed E-state index contributed by atoms with van der Waals surface area (Å²) in [6.45, 7) is -0.655. The van der Waals surface area contributed by atoms with Gasteiger partial charge in [0.1, 0.15) is 18.1 Å². The third-order valence-electron chi connectivity index (χ3n) is 3.53. The van der Waals surface area contributed by atoms with E-state index in [4.69, 9.17) is 9.47 Å². The zero-order valence-corrected chi connectivity index (χ0v) is 14.7. The number of benzene rings is 2. The predicted molar refractivity (Wildman–Crippen MR) is 94.5 cm³/mol. The molecule has 2 rings (SSSR count). The van der Waals surface area contributed by atoms with Crippen LogP contribution in [0.3, 0.4) is 0 Å². The van der Waals surface area contributed by atoms with Crippen molar-refractivity contribution in [2.75, 3.05) is 20.3 Å². The first-order chi connectivity index (χ1) is 13.0. The van der Waals surface area contributed by atoms with Crippen LogP contribution in [0.2, 0.25) is 0 Å². The summed E-state index contributed by atoms with van der Waals surface area (Å²) in [4.78, 5) is 35.2. The van der Waals surface area contributed by atoms with Crippen LogP contribution in [0.4, 0.5) is 4.39 Å². The maximum absolute atomic E-state index is 12.8. The van der Waals surface area contributed by atoms with Gasteiger partial charge in [-0.05, 0) is 30.3 Å². The molecular weight excluding hydrogens is 355 g/mol. The molecule has 142 valence electrons. The molecule has 0 aliphatic carbocycles. The van der Waals surface area contributed by atoms with Gasteiger partial charge in [-0.15, -0.1) is 0 Å². The molecule has 8 heteroatoms. The highest BCUT2D eigenvalue weighted by molar-refractivity contribution is 5.96. The summed E-state index contributed by atoms with van der Waals surface area (Å²) in [7, 11) is 1.53. The van der Waals surface area contributed by atoms with Crippen LogP contribution in [-0.4, -0.2) is 38.0 Å². The summed E-state index contributed by atoms with van der Waals surface area (Å²) in [6, 6.07) is 12.1. The first kappa shape index (κ1) is 19.9. The van der Waals surface area contributed by atoms with E-state index in [2.05, 4.69) is 10.6 Å². The van der Waals surface area contributed by atoms with E-state index >= 15 is 0 Å². The van der Waals surface area contributed by atoms with Crippen molar-refractivity contribution in [1.29, 1.82) is 0 Å².